The Morgan fingerprint density at radius 2 is 2.28 bits per heavy atom. The topological polar surface area (TPSA) is 75.4 Å². The second-order valence-corrected chi connectivity index (χ2v) is 6.30. The van der Waals surface area contributed by atoms with Gasteiger partial charge in [0.15, 0.2) is 5.03 Å². The van der Waals surface area contributed by atoms with E-state index in [1.807, 2.05) is 6.92 Å². The predicted molar refractivity (Wildman–Crippen MR) is 66.5 cm³/mol. The second-order valence-electron chi connectivity index (χ2n) is 4.47. The highest BCUT2D eigenvalue weighted by Gasteiger charge is 2.35. The van der Waals surface area contributed by atoms with Crippen LogP contribution in [0.5, 0.6) is 0 Å². The van der Waals surface area contributed by atoms with E-state index in [9.17, 15) is 8.42 Å². The lowest BCUT2D eigenvalue weighted by atomic mass is 9.93. The van der Waals surface area contributed by atoms with Crippen LogP contribution in [0.25, 0.3) is 0 Å². The predicted octanol–water partition coefficient (Wildman–Crippen LogP) is 0.438. The Kier molecular flexibility index (Phi) is 4.04. The van der Waals surface area contributed by atoms with E-state index in [1.54, 1.807) is 10.8 Å². The number of aryl methyl sites for hydroxylation is 1. The van der Waals surface area contributed by atoms with Crippen molar-refractivity contribution in [2.24, 2.45) is 0 Å². The highest BCUT2D eigenvalue weighted by molar-refractivity contribution is 7.89. The molecule has 1 aliphatic rings. The maximum atomic E-state index is 12.4. The third kappa shape index (κ3) is 2.43. The first-order chi connectivity index (χ1) is 8.59. The molecule has 0 aliphatic heterocycles. The van der Waals surface area contributed by atoms with Crippen LogP contribution in [0.4, 0.5) is 0 Å². The lowest BCUT2D eigenvalue weighted by Gasteiger charge is -2.35. The van der Waals surface area contributed by atoms with Gasteiger partial charge in [-0.15, -0.1) is 0 Å². The fraction of sp³-hybridized carbons (Fsp3) is 0.727. The standard InChI is InChI=1S/C11H19N3O3S/c1-2-13-8-11(12-9-13)18(16,17)14(6-7-15)10-4-3-5-10/h8-10,15H,2-7H2,1H3. The summed E-state index contributed by atoms with van der Waals surface area (Å²) in [6.07, 6.45) is 5.84. The van der Waals surface area contributed by atoms with Crippen LogP contribution in [0, 0.1) is 0 Å². The first-order valence-electron chi connectivity index (χ1n) is 6.24. The summed E-state index contributed by atoms with van der Waals surface area (Å²) in [5, 5.41) is 9.11. The Labute approximate surface area is 107 Å². The summed E-state index contributed by atoms with van der Waals surface area (Å²) in [5.41, 5.74) is 0. The number of sulfonamides is 1. The van der Waals surface area contributed by atoms with Gasteiger partial charge in [0, 0.05) is 25.3 Å². The summed E-state index contributed by atoms with van der Waals surface area (Å²) in [5.74, 6) is 0. The molecule has 0 aromatic carbocycles. The molecule has 7 heteroatoms. The average Bonchev–Trinajstić information content (AvgIpc) is 2.75. The van der Waals surface area contributed by atoms with Gasteiger partial charge >= 0.3 is 0 Å². The maximum Gasteiger partial charge on any atom is 0.262 e. The largest absolute Gasteiger partial charge is 0.395 e. The lowest BCUT2D eigenvalue weighted by molar-refractivity contribution is 0.178. The van der Waals surface area contributed by atoms with Crippen molar-refractivity contribution in [1.29, 1.82) is 0 Å². The van der Waals surface area contributed by atoms with Crippen LogP contribution in [0.2, 0.25) is 0 Å². The van der Waals surface area contributed by atoms with Gasteiger partial charge in [-0.3, -0.25) is 0 Å². The fourth-order valence-corrected chi connectivity index (χ4v) is 3.65. The van der Waals surface area contributed by atoms with Crippen LogP contribution in [0.1, 0.15) is 26.2 Å². The third-order valence-electron chi connectivity index (χ3n) is 3.35. The number of aliphatic hydroxyl groups excluding tert-OH is 1. The summed E-state index contributed by atoms with van der Waals surface area (Å²) in [7, 11) is -3.57. The highest BCUT2D eigenvalue weighted by atomic mass is 32.2. The quantitative estimate of drug-likeness (QED) is 0.816. The molecule has 1 N–H and O–H groups in total. The summed E-state index contributed by atoms with van der Waals surface area (Å²) in [6.45, 7) is 2.59. The number of hydrogen-bond donors (Lipinski definition) is 1. The molecule has 1 aliphatic carbocycles. The van der Waals surface area contributed by atoms with E-state index in [0.29, 0.717) is 6.54 Å². The Bertz CT molecular complexity index is 493. The van der Waals surface area contributed by atoms with Crippen LogP contribution < -0.4 is 0 Å². The fourth-order valence-electron chi connectivity index (χ4n) is 2.04. The molecular formula is C11H19N3O3S. The molecular weight excluding hydrogens is 254 g/mol. The first-order valence-corrected chi connectivity index (χ1v) is 7.68. The summed E-state index contributed by atoms with van der Waals surface area (Å²) < 4.78 is 28.0. The number of imidazole rings is 1. The van der Waals surface area contributed by atoms with E-state index in [-0.39, 0.29) is 24.2 Å². The molecule has 1 heterocycles. The second kappa shape index (κ2) is 5.38. The molecule has 1 saturated carbocycles. The normalized spacial score (nSPS) is 17.1. The molecule has 1 aromatic rings. The molecule has 0 atom stereocenters. The molecule has 0 bridgehead atoms. The van der Waals surface area contributed by atoms with Crippen LogP contribution in [-0.4, -0.2) is 46.6 Å². The number of aliphatic hydroxyl groups is 1. The zero-order chi connectivity index (χ0) is 13.2. The van der Waals surface area contributed by atoms with E-state index in [4.69, 9.17) is 5.11 Å². The Morgan fingerprint density at radius 3 is 2.72 bits per heavy atom. The molecule has 6 nitrogen and oxygen atoms in total. The highest BCUT2D eigenvalue weighted by Crippen LogP contribution is 2.29. The minimum absolute atomic E-state index is 0.0222. The molecule has 1 aromatic heterocycles. The molecule has 0 unspecified atom stereocenters. The number of aromatic nitrogens is 2. The van der Waals surface area contributed by atoms with Gasteiger partial charge in [-0.2, -0.15) is 4.31 Å². The van der Waals surface area contributed by atoms with Gasteiger partial charge in [-0.1, -0.05) is 6.42 Å². The SMILES string of the molecule is CCn1cnc(S(=O)(=O)N(CCO)C2CCC2)c1. The molecule has 102 valence electrons. The summed E-state index contributed by atoms with van der Waals surface area (Å²) >= 11 is 0. The van der Waals surface area contributed by atoms with Gasteiger partial charge in [0.2, 0.25) is 0 Å². The van der Waals surface area contributed by atoms with E-state index < -0.39 is 10.0 Å². The van der Waals surface area contributed by atoms with Gasteiger partial charge in [-0.25, -0.2) is 13.4 Å². The average molecular weight is 273 g/mol. The Balaban J connectivity index is 2.26. The summed E-state index contributed by atoms with van der Waals surface area (Å²) in [6, 6.07) is 0.0222. The van der Waals surface area contributed by atoms with E-state index in [1.165, 1.54) is 10.6 Å². The molecule has 1 fully saturated rings. The molecule has 18 heavy (non-hydrogen) atoms. The minimum atomic E-state index is -3.57. The van der Waals surface area contributed by atoms with Crippen molar-refractivity contribution in [2.75, 3.05) is 13.2 Å². The van der Waals surface area contributed by atoms with Crippen LogP contribution >= 0.6 is 0 Å². The van der Waals surface area contributed by atoms with Crippen LogP contribution in [0.15, 0.2) is 17.6 Å². The number of nitrogens with zero attached hydrogens (tertiary/aromatic N) is 3. The smallest absolute Gasteiger partial charge is 0.262 e. The van der Waals surface area contributed by atoms with Crippen molar-refractivity contribution in [3.63, 3.8) is 0 Å². The molecule has 0 saturated heterocycles. The van der Waals surface area contributed by atoms with E-state index >= 15 is 0 Å². The van der Waals surface area contributed by atoms with Gasteiger partial charge in [-0.05, 0) is 19.8 Å². The molecule has 0 spiro atoms. The van der Waals surface area contributed by atoms with Crippen molar-refractivity contribution in [3.8, 4) is 0 Å². The zero-order valence-electron chi connectivity index (χ0n) is 10.5. The van der Waals surface area contributed by atoms with Crippen molar-refractivity contribution in [3.05, 3.63) is 12.5 Å². The van der Waals surface area contributed by atoms with E-state index in [0.717, 1.165) is 19.3 Å². The monoisotopic (exact) mass is 273 g/mol. The van der Waals surface area contributed by atoms with Gasteiger partial charge in [0.25, 0.3) is 10.0 Å². The minimum Gasteiger partial charge on any atom is -0.395 e. The zero-order valence-corrected chi connectivity index (χ0v) is 11.3. The van der Waals surface area contributed by atoms with Crippen molar-refractivity contribution in [2.45, 2.75) is 43.8 Å². The van der Waals surface area contributed by atoms with Gasteiger partial charge < -0.3 is 9.67 Å². The summed E-state index contributed by atoms with van der Waals surface area (Å²) in [4.78, 5) is 3.95. The number of hydrogen-bond acceptors (Lipinski definition) is 4. The van der Waals surface area contributed by atoms with Gasteiger partial charge in [0.05, 0.1) is 12.9 Å². The van der Waals surface area contributed by atoms with Crippen LogP contribution in [0.3, 0.4) is 0 Å². The molecule has 0 amide bonds. The van der Waals surface area contributed by atoms with Crippen molar-refractivity contribution in [1.82, 2.24) is 13.9 Å². The number of rotatable bonds is 6. The molecule has 0 radical (unpaired) electrons. The Morgan fingerprint density at radius 1 is 1.56 bits per heavy atom. The Hall–Kier alpha value is -0.920. The molecule has 2 rings (SSSR count). The van der Waals surface area contributed by atoms with E-state index in [2.05, 4.69) is 4.98 Å². The van der Waals surface area contributed by atoms with Crippen molar-refractivity contribution < 1.29 is 13.5 Å². The van der Waals surface area contributed by atoms with Crippen molar-refractivity contribution >= 4 is 10.0 Å². The lowest BCUT2D eigenvalue weighted by Crippen LogP contribution is -2.45. The van der Waals surface area contributed by atoms with Gasteiger partial charge in [0.1, 0.15) is 0 Å². The maximum absolute atomic E-state index is 12.4. The third-order valence-corrected chi connectivity index (χ3v) is 5.19. The first kappa shape index (κ1) is 13.5. The van der Waals surface area contributed by atoms with Crippen LogP contribution in [-0.2, 0) is 16.6 Å².